The first-order valence-electron chi connectivity index (χ1n) is 7.23. The van der Waals surface area contributed by atoms with Crippen LogP contribution in [-0.2, 0) is 6.61 Å². The SMILES string of the molecule is O=C(Nc1ccncc1)c1cc(=O)c(OCc2ccccc2)co1. The lowest BCUT2D eigenvalue weighted by Gasteiger charge is -2.06. The van der Waals surface area contributed by atoms with Crippen molar-refractivity contribution in [2.75, 3.05) is 5.32 Å². The Morgan fingerprint density at radius 3 is 2.58 bits per heavy atom. The third kappa shape index (κ3) is 3.86. The van der Waals surface area contributed by atoms with Crippen molar-refractivity contribution in [3.05, 3.63) is 88.7 Å². The molecule has 1 aromatic carbocycles. The molecule has 0 spiro atoms. The van der Waals surface area contributed by atoms with Gasteiger partial charge >= 0.3 is 0 Å². The fraction of sp³-hybridized carbons (Fsp3) is 0.0556. The van der Waals surface area contributed by atoms with Crippen molar-refractivity contribution in [2.24, 2.45) is 0 Å². The van der Waals surface area contributed by atoms with Gasteiger partial charge < -0.3 is 14.5 Å². The number of rotatable bonds is 5. The van der Waals surface area contributed by atoms with Crippen molar-refractivity contribution in [1.29, 1.82) is 0 Å². The molecule has 6 nitrogen and oxygen atoms in total. The number of carbonyl (C=O) groups is 1. The minimum atomic E-state index is -0.520. The van der Waals surface area contributed by atoms with Gasteiger partial charge in [-0.2, -0.15) is 0 Å². The first-order valence-corrected chi connectivity index (χ1v) is 7.23. The molecule has 0 saturated carbocycles. The molecule has 24 heavy (non-hydrogen) atoms. The van der Waals surface area contributed by atoms with Crippen LogP contribution in [0, 0.1) is 0 Å². The number of anilines is 1. The second-order valence-electron chi connectivity index (χ2n) is 4.94. The van der Waals surface area contributed by atoms with Crippen LogP contribution in [0.5, 0.6) is 5.75 Å². The Morgan fingerprint density at radius 2 is 1.88 bits per heavy atom. The van der Waals surface area contributed by atoms with E-state index in [1.807, 2.05) is 30.3 Å². The summed E-state index contributed by atoms with van der Waals surface area (Å²) in [5, 5.41) is 2.61. The lowest BCUT2D eigenvalue weighted by molar-refractivity contribution is 0.0993. The number of nitrogens with zero attached hydrogens (tertiary/aromatic N) is 1. The Morgan fingerprint density at radius 1 is 1.12 bits per heavy atom. The molecule has 2 aromatic heterocycles. The van der Waals surface area contributed by atoms with Crippen LogP contribution in [0.25, 0.3) is 0 Å². The largest absolute Gasteiger partial charge is 0.482 e. The second kappa shape index (κ2) is 7.23. The van der Waals surface area contributed by atoms with E-state index >= 15 is 0 Å². The summed E-state index contributed by atoms with van der Waals surface area (Å²) in [5.41, 5.74) is 1.07. The van der Waals surface area contributed by atoms with Gasteiger partial charge in [-0.15, -0.1) is 0 Å². The van der Waals surface area contributed by atoms with Crippen molar-refractivity contribution in [3.8, 4) is 5.75 Å². The number of pyridine rings is 1. The second-order valence-corrected chi connectivity index (χ2v) is 4.94. The minimum absolute atomic E-state index is 0.0549. The number of hydrogen-bond acceptors (Lipinski definition) is 5. The first kappa shape index (κ1) is 15.5. The van der Waals surface area contributed by atoms with E-state index in [0.29, 0.717) is 5.69 Å². The van der Waals surface area contributed by atoms with Crippen LogP contribution in [-0.4, -0.2) is 10.9 Å². The molecule has 0 fully saturated rings. The smallest absolute Gasteiger partial charge is 0.291 e. The lowest BCUT2D eigenvalue weighted by atomic mass is 10.2. The molecular weight excluding hydrogens is 308 g/mol. The highest BCUT2D eigenvalue weighted by molar-refractivity contribution is 6.02. The number of amides is 1. The van der Waals surface area contributed by atoms with Gasteiger partial charge in [0.25, 0.3) is 5.91 Å². The Bertz CT molecular complexity index is 876. The maximum Gasteiger partial charge on any atom is 0.291 e. The van der Waals surface area contributed by atoms with E-state index in [9.17, 15) is 9.59 Å². The van der Waals surface area contributed by atoms with E-state index in [1.54, 1.807) is 24.5 Å². The predicted molar refractivity (Wildman–Crippen MR) is 87.9 cm³/mol. The summed E-state index contributed by atoms with van der Waals surface area (Å²) in [5.74, 6) is -0.559. The number of benzene rings is 1. The molecule has 0 aliphatic carbocycles. The highest BCUT2D eigenvalue weighted by atomic mass is 16.5. The van der Waals surface area contributed by atoms with Crippen LogP contribution < -0.4 is 15.5 Å². The first-order chi connectivity index (χ1) is 11.7. The topological polar surface area (TPSA) is 81.4 Å². The van der Waals surface area contributed by atoms with Crippen LogP contribution in [0.2, 0.25) is 0 Å². The molecule has 120 valence electrons. The fourth-order valence-electron chi connectivity index (χ4n) is 1.99. The van der Waals surface area contributed by atoms with Gasteiger partial charge in [-0.3, -0.25) is 14.6 Å². The van der Waals surface area contributed by atoms with Gasteiger partial charge in [0.1, 0.15) is 12.9 Å². The Labute approximate surface area is 137 Å². The summed E-state index contributed by atoms with van der Waals surface area (Å²) in [6.45, 7) is 0.244. The average molecular weight is 322 g/mol. The Kier molecular flexibility index (Phi) is 4.67. The molecule has 0 saturated heterocycles. The molecule has 3 rings (SSSR count). The fourth-order valence-corrected chi connectivity index (χ4v) is 1.99. The Balaban J connectivity index is 1.68. The molecule has 0 aliphatic rings. The number of ether oxygens (including phenoxy) is 1. The normalized spacial score (nSPS) is 10.2. The van der Waals surface area contributed by atoms with Crippen LogP contribution in [0.3, 0.4) is 0 Å². The molecule has 6 heteroatoms. The maximum absolute atomic E-state index is 12.1. The van der Waals surface area contributed by atoms with E-state index < -0.39 is 11.3 Å². The van der Waals surface area contributed by atoms with Crippen molar-refractivity contribution >= 4 is 11.6 Å². The average Bonchev–Trinajstić information content (AvgIpc) is 2.62. The predicted octanol–water partition coefficient (Wildman–Crippen LogP) is 2.87. The number of aromatic nitrogens is 1. The zero-order valence-electron chi connectivity index (χ0n) is 12.6. The molecule has 2 heterocycles. The van der Waals surface area contributed by atoms with E-state index in [0.717, 1.165) is 17.9 Å². The van der Waals surface area contributed by atoms with Gasteiger partial charge in [-0.25, -0.2) is 0 Å². The third-order valence-corrected chi connectivity index (χ3v) is 3.20. The molecule has 1 amide bonds. The van der Waals surface area contributed by atoms with Crippen molar-refractivity contribution in [1.82, 2.24) is 4.98 Å². The summed E-state index contributed by atoms with van der Waals surface area (Å²) >= 11 is 0. The molecule has 0 atom stereocenters. The zero-order valence-corrected chi connectivity index (χ0v) is 12.6. The van der Waals surface area contributed by atoms with Crippen LogP contribution >= 0.6 is 0 Å². The zero-order chi connectivity index (χ0) is 16.8. The van der Waals surface area contributed by atoms with E-state index in [1.165, 1.54) is 0 Å². The van der Waals surface area contributed by atoms with Gasteiger partial charge in [-0.1, -0.05) is 30.3 Å². The van der Waals surface area contributed by atoms with Gasteiger partial charge in [0.2, 0.25) is 11.2 Å². The van der Waals surface area contributed by atoms with Crippen molar-refractivity contribution < 1.29 is 13.9 Å². The van der Waals surface area contributed by atoms with E-state index in [2.05, 4.69) is 10.3 Å². The quantitative estimate of drug-likeness (QED) is 0.781. The molecule has 3 aromatic rings. The summed E-state index contributed by atoms with van der Waals surface area (Å²) in [4.78, 5) is 28.0. The molecular formula is C18H14N2O4. The van der Waals surface area contributed by atoms with E-state index in [4.69, 9.17) is 9.15 Å². The number of nitrogens with one attached hydrogen (secondary N) is 1. The third-order valence-electron chi connectivity index (χ3n) is 3.20. The number of hydrogen-bond donors (Lipinski definition) is 1. The summed E-state index contributed by atoms with van der Waals surface area (Å²) < 4.78 is 10.6. The van der Waals surface area contributed by atoms with Crippen molar-refractivity contribution in [2.45, 2.75) is 6.61 Å². The number of carbonyl (C=O) groups excluding carboxylic acids is 1. The molecule has 0 aliphatic heterocycles. The molecule has 0 radical (unpaired) electrons. The molecule has 0 unspecified atom stereocenters. The maximum atomic E-state index is 12.1. The summed E-state index contributed by atoms with van der Waals surface area (Å²) in [6, 6.07) is 13.8. The van der Waals surface area contributed by atoms with Crippen LogP contribution in [0.4, 0.5) is 5.69 Å². The van der Waals surface area contributed by atoms with Gasteiger partial charge in [0, 0.05) is 24.1 Å². The van der Waals surface area contributed by atoms with Gasteiger partial charge in [0.15, 0.2) is 5.76 Å². The van der Waals surface area contributed by atoms with Crippen LogP contribution in [0.15, 0.2) is 76.4 Å². The standard InChI is InChI=1S/C18H14N2O4/c21-15-10-16(18(22)20-14-6-8-19-9-7-14)24-12-17(15)23-11-13-4-2-1-3-5-13/h1-10,12H,11H2,(H,19,20,22). The summed E-state index contributed by atoms with van der Waals surface area (Å²) in [7, 11) is 0. The Hall–Kier alpha value is -3.41. The van der Waals surface area contributed by atoms with Crippen LogP contribution in [0.1, 0.15) is 16.1 Å². The highest BCUT2D eigenvalue weighted by Gasteiger charge is 2.12. The lowest BCUT2D eigenvalue weighted by Crippen LogP contribution is -2.15. The molecule has 0 bridgehead atoms. The monoisotopic (exact) mass is 322 g/mol. The van der Waals surface area contributed by atoms with Gasteiger partial charge in [-0.05, 0) is 17.7 Å². The summed E-state index contributed by atoms with van der Waals surface area (Å²) in [6.07, 6.45) is 4.24. The minimum Gasteiger partial charge on any atom is -0.482 e. The highest BCUT2D eigenvalue weighted by Crippen LogP contribution is 2.11. The van der Waals surface area contributed by atoms with Crippen molar-refractivity contribution in [3.63, 3.8) is 0 Å². The van der Waals surface area contributed by atoms with Gasteiger partial charge in [0.05, 0.1) is 0 Å². The molecule has 1 N–H and O–H groups in total. The van der Waals surface area contributed by atoms with E-state index in [-0.39, 0.29) is 18.1 Å².